The maximum absolute atomic E-state index is 13.1. The van der Waals surface area contributed by atoms with E-state index in [1.165, 1.54) is 6.21 Å². The standard InChI is InChI=1S/C24H18ClN5O3/c25-17-10-6-7-15(13-17)14-26-29-24(33)21(27-22(31)16-8-2-1-3-9-16)20-18-11-4-5-12-19(18)23(32)30-28-20/h1-14,21H,(H,27,31)(H,29,33)(H,30,32)/b26-14+. The number of hydrogen-bond donors (Lipinski definition) is 3. The van der Waals surface area contributed by atoms with Crippen LogP contribution in [0.3, 0.4) is 0 Å². The van der Waals surface area contributed by atoms with Gasteiger partial charge in [0.15, 0.2) is 6.04 Å². The lowest BCUT2D eigenvalue weighted by atomic mass is 10.0. The molecule has 8 nitrogen and oxygen atoms in total. The van der Waals surface area contributed by atoms with E-state index < -0.39 is 23.4 Å². The second-order valence-corrected chi connectivity index (χ2v) is 7.48. The molecule has 2 amide bonds. The van der Waals surface area contributed by atoms with Crippen molar-refractivity contribution in [3.8, 4) is 0 Å². The van der Waals surface area contributed by atoms with Gasteiger partial charge in [-0.15, -0.1) is 0 Å². The van der Waals surface area contributed by atoms with E-state index in [4.69, 9.17) is 11.6 Å². The molecule has 0 aliphatic rings. The quantitative estimate of drug-likeness (QED) is 0.303. The minimum atomic E-state index is -1.23. The van der Waals surface area contributed by atoms with Crippen molar-refractivity contribution in [2.24, 2.45) is 5.10 Å². The largest absolute Gasteiger partial charge is 0.335 e. The van der Waals surface area contributed by atoms with Crippen LogP contribution in [0.5, 0.6) is 0 Å². The number of halogens is 1. The van der Waals surface area contributed by atoms with Crippen LogP contribution in [0.2, 0.25) is 5.02 Å². The van der Waals surface area contributed by atoms with Crippen LogP contribution in [0.1, 0.15) is 27.7 Å². The van der Waals surface area contributed by atoms with Gasteiger partial charge in [0.05, 0.1) is 11.6 Å². The lowest BCUT2D eigenvalue weighted by Crippen LogP contribution is -2.40. The molecule has 33 heavy (non-hydrogen) atoms. The fourth-order valence-corrected chi connectivity index (χ4v) is 3.44. The topological polar surface area (TPSA) is 116 Å². The van der Waals surface area contributed by atoms with E-state index >= 15 is 0 Å². The number of nitrogens with one attached hydrogen (secondary N) is 3. The summed E-state index contributed by atoms with van der Waals surface area (Å²) in [6.07, 6.45) is 1.43. The number of H-pyrrole nitrogens is 1. The first-order valence-electron chi connectivity index (χ1n) is 9.94. The number of carbonyl (C=O) groups excluding carboxylic acids is 2. The molecule has 164 valence electrons. The van der Waals surface area contributed by atoms with E-state index in [9.17, 15) is 14.4 Å². The van der Waals surface area contributed by atoms with Gasteiger partial charge in [0, 0.05) is 16.0 Å². The van der Waals surface area contributed by atoms with E-state index in [0.29, 0.717) is 26.9 Å². The summed E-state index contributed by atoms with van der Waals surface area (Å²) in [6, 6.07) is 20.9. The molecular weight excluding hydrogens is 442 g/mol. The first-order chi connectivity index (χ1) is 16.0. The van der Waals surface area contributed by atoms with Gasteiger partial charge in [-0.25, -0.2) is 10.5 Å². The van der Waals surface area contributed by atoms with Crippen molar-refractivity contribution in [1.29, 1.82) is 0 Å². The highest BCUT2D eigenvalue weighted by Gasteiger charge is 2.27. The Hall–Kier alpha value is -4.30. The van der Waals surface area contributed by atoms with Crippen LogP contribution in [0.25, 0.3) is 10.8 Å². The van der Waals surface area contributed by atoms with Crippen molar-refractivity contribution in [3.63, 3.8) is 0 Å². The molecule has 3 N–H and O–H groups in total. The second-order valence-electron chi connectivity index (χ2n) is 7.05. The predicted octanol–water partition coefficient (Wildman–Crippen LogP) is 3.20. The number of hydrogen-bond acceptors (Lipinski definition) is 5. The minimum Gasteiger partial charge on any atom is -0.335 e. The van der Waals surface area contributed by atoms with Crippen molar-refractivity contribution < 1.29 is 9.59 Å². The number of hydrazone groups is 1. The Labute approximate surface area is 193 Å². The number of nitrogens with zero attached hydrogens (tertiary/aromatic N) is 2. The van der Waals surface area contributed by atoms with E-state index in [2.05, 4.69) is 26.0 Å². The lowest BCUT2D eigenvalue weighted by molar-refractivity contribution is -0.123. The summed E-state index contributed by atoms with van der Waals surface area (Å²) in [7, 11) is 0. The fourth-order valence-electron chi connectivity index (χ4n) is 3.24. The van der Waals surface area contributed by atoms with Gasteiger partial charge in [-0.2, -0.15) is 10.2 Å². The zero-order valence-corrected chi connectivity index (χ0v) is 17.9. The molecule has 0 saturated heterocycles. The summed E-state index contributed by atoms with van der Waals surface area (Å²) in [6.45, 7) is 0. The zero-order valence-electron chi connectivity index (χ0n) is 17.2. The van der Waals surface area contributed by atoms with Gasteiger partial charge < -0.3 is 5.32 Å². The first-order valence-corrected chi connectivity index (χ1v) is 10.3. The van der Waals surface area contributed by atoms with Gasteiger partial charge in [-0.3, -0.25) is 14.4 Å². The summed E-state index contributed by atoms with van der Waals surface area (Å²) in [4.78, 5) is 38.1. The van der Waals surface area contributed by atoms with Crippen LogP contribution in [-0.2, 0) is 4.79 Å². The SMILES string of the molecule is O=C(NC(C(=O)N/N=C/c1cccc(Cl)c1)c1n[nH]c(=O)c2ccccc12)c1ccccc1. The molecule has 0 aliphatic carbocycles. The number of fused-ring (bicyclic) bond motifs is 1. The monoisotopic (exact) mass is 459 g/mol. The summed E-state index contributed by atoms with van der Waals surface area (Å²) < 4.78 is 0. The first kappa shape index (κ1) is 21.9. The molecule has 1 aromatic heterocycles. The Morgan fingerprint density at radius 2 is 1.70 bits per heavy atom. The Morgan fingerprint density at radius 3 is 2.45 bits per heavy atom. The van der Waals surface area contributed by atoms with Crippen molar-refractivity contribution in [3.05, 3.63) is 111 Å². The molecule has 4 rings (SSSR count). The normalized spacial score (nSPS) is 11.9. The Bertz CT molecular complexity index is 1400. The Kier molecular flexibility index (Phi) is 6.56. The van der Waals surface area contributed by atoms with E-state index in [1.54, 1.807) is 78.9 Å². The summed E-state index contributed by atoms with van der Waals surface area (Å²) in [5.41, 5.74) is 3.26. The molecule has 9 heteroatoms. The molecule has 0 fully saturated rings. The third-order valence-electron chi connectivity index (χ3n) is 4.81. The molecule has 0 aliphatic heterocycles. The van der Waals surface area contributed by atoms with Gasteiger partial charge in [0.25, 0.3) is 17.4 Å². The van der Waals surface area contributed by atoms with Gasteiger partial charge >= 0.3 is 0 Å². The highest BCUT2D eigenvalue weighted by Crippen LogP contribution is 2.20. The second kappa shape index (κ2) is 9.88. The molecule has 0 spiro atoms. The number of amides is 2. The van der Waals surface area contributed by atoms with Gasteiger partial charge in [0.1, 0.15) is 5.69 Å². The average Bonchev–Trinajstić information content (AvgIpc) is 2.84. The molecule has 1 heterocycles. The molecule has 1 atom stereocenters. The summed E-state index contributed by atoms with van der Waals surface area (Å²) >= 11 is 5.97. The molecule has 0 saturated carbocycles. The number of carbonyl (C=O) groups is 2. The molecular formula is C24H18ClN5O3. The third kappa shape index (κ3) is 5.13. The van der Waals surface area contributed by atoms with Gasteiger partial charge in [0.2, 0.25) is 0 Å². The Morgan fingerprint density at radius 1 is 0.970 bits per heavy atom. The van der Waals surface area contributed by atoms with E-state index in [-0.39, 0.29) is 5.69 Å². The molecule has 0 bridgehead atoms. The zero-order chi connectivity index (χ0) is 23.2. The Balaban J connectivity index is 1.67. The lowest BCUT2D eigenvalue weighted by Gasteiger charge is -2.18. The number of rotatable bonds is 6. The average molecular weight is 460 g/mol. The van der Waals surface area contributed by atoms with Gasteiger partial charge in [-0.1, -0.05) is 60.1 Å². The summed E-state index contributed by atoms with van der Waals surface area (Å²) in [5, 5.41) is 14.4. The minimum absolute atomic E-state index is 0.185. The van der Waals surface area contributed by atoms with Crippen LogP contribution in [0, 0.1) is 0 Å². The number of aromatic amines is 1. The van der Waals surface area contributed by atoms with Gasteiger partial charge in [-0.05, 0) is 35.9 Å². The van der Waals surface area contributed by atoms with Crippen molar-refractivity contribution in [2.75, 3.05) is 0 Å². The van der Waals surface area contributed by atoms with Crippen LogP contribution in [0.15, 0.2) is 88.8 Å². The molecule has 0 radical (unpaired) electrons. The third-order valence-corrected chi connectivity index (χ3v) is 5.04. The maximum atomic E-state index is 13.1. The smallest absolute Gasteiger partial charge is 0.272 e. The molecule has 1 unspecified atom stereocenters. The van der Waals surface area contributed by atoms with Crippen molar-refractivity contribution >= 4 is 40.4 Å². The van der Waals surface area contributed by atoms with E-state index in [0.717, 1.165) is 0 Å². The molecule has 3 aromatic carbocycles. The number of aromatic nitrogens is 2. The molecule has 4 aromatic rings. The maximum Gasteiger partial charge on any atom is 0.272 e. The van der Waals surface area contributed by atoms with Crippen LogP contribution < -0.4 is 16.3 Å². The van der Waals surface area contributed by atoms with Crippen molar-refractivity contribution in [1.82, 2.24) is 20.9 Å². The fraction of sp³-hybridized carbons (Fsp3) is 0.0417. The predicted molar refractivity (Wildman–Crippen MR) is 126 cm³/mol. The van der Waals surface area contributed by atoms with Crippen LogP contribution in [0.4, 0.5) is 0 Å². The van der Waals surface area contributed by atoms with Crippen LogP contribution in [-0.4, -0.2) is 28.2 Å². The van der Waals surface area contributed by atoms with Crippen molar-refractivity contribution in [2.45, 2.75) is 6.04 Å². The van der Waals surface area contributed by atoms with Crippen LogP contribution >= 0.6 is 11.6 Å². The highest BCUT2D eigenvalue weighted by atomic mass is 35.5. The summed E-state index contributed by atoms with van der Waals surface area (Å²) in [5.74, 6) is -1.12. The highest BCUT2D eigenvalue weighted by molar-refractivity contribution is 6.30. The van der Waals surface area contributed by atoms with E-state index in [1.807, 2.05) is 0 Å². The number of benzene rings is 3.